The minimum Gasteiger partial charge on any atom is -0.495 e. The summed E-state index contributed by atoms with van der Waals surface area (Å²) in [5.74, 6) is 6.32. The molecule has 4 rings (SSSR count). The summed E-state index contributed by atoms with van der Waals surface area (Å²) in [5.41, 5.74) is 3.29. The van der Waals surface area contributed by atoms with E-state index < -0.39 is 0 Å². The van der Waals surface area contributed by atoms with Crippen LogP contribution in [0.4, 0.5) is 5.69 Å². The van der Waals surface area contributed by atoms with E-state index in [0.717, 1.165) is 5.69 Å². The maximum absolute atomic E-state index is 7.90. The summed E-state index contributed by atoms with van der Waals surface area (Å²) in [6.07, 6.45) is 4.55. The number of ether oxygens (including phenoxy) is 1. The van der Waals surface area contributed by atoms with Gasteiger partial charge in [-0.2, -0.15) is 14.7 Å². The van der Waals surface area contributed by atoms with Crippen molar-refractivity contribution < 1.29 is 4.74 Å². The standard InChI is InChI=1S/C17H16N10O/c1-28-10-6-14-17(22-7-10)13(4-5-20-14)21-9-16-25-24-15-3-2-12(26-27(15)16)11(18)8-23-19/h2-8,18H,9,19H2,1H3,(H,20,21). The monoisotopic (exact) mass is 376 g/mol. The third-order valence-electron chi connectivity index (χ3n) is 4.03. The number of hydrogen-bond acceptors (Lipinski definition) is 10. The minimum absolute atomic E-state index is 0.0929. The number of methoxy groups -OCH3 is 1. The molecule has 0 aromatic carbocycles. The summed E-state index contributed by atoms with van der Waals surface area (Å²) in [7, 11) is 1.59. The zero-order valence-electron chi connectivity index (χ0n) is 14.9. The fourth-order valence-corrected chi connectivity index (χ4v) is 2.67. The first kappa shape index (κ1) is 17.3. The van der Waals surface area contributed by atoms with E-state index in [1.54, 1.807) is 36.2 Å². The Balaban J connectivity index is 1.63. The maximum atomic E-state index is 7.90. The highest BCUT2D eigenvalue weighted by molar-refractivity contribution is 6.36. The third kappa shape index (κ3) is 3.16. The van der Waals surface area contributed by atoms with Crippen LogP contribution in [0.3, 0.4) is 0 Å². The fraction of sp³-hybridized carbons (Fsp3) is 0.118. The summed E-state index contributed by atoms with van der Waals surface area (Å²) in [6.45, 7) is 0.350. The molecule has 0 fully saturated rings. The molecule has 0 aliphatic heterocycles. The van der Waals surface area contributed by atoms with Gasteiger partial charge in [0.1, 0.15) is 22.7 Å². The lowest BCUT2D eigenvalue weighted by molar-refractivity contribution is 0.413. The van der Waals surface area contributed by atoms with E-state index in [-0.39, 0.29) is 5.71 Å². The molecule has 0 bridgehead atoms. The number of nitrogens with zero attached hydrogens (tertiary/aromatic N) is 7. The molecule has 0 spiro atoms. The van der Waals surface area contributed by atoms with Crippen LogP contribution in [0.5, 0.6) is 5.75 Å². The Morgan fingerprint density at radius 3 is 3.04 bits per heavy atom. The smallest absolute Gasteiger partial charge is 0.178 e. The average Bonchev–Trinajstić information content (AvgIpc) is 3.14. The Labute approximate surface area is 158 Å². The van der Waals surface area contributed by atoms with Gasteiger partial charge in [0, 0.05) is 12.3 Å². The molecule has 28 heavy (non-hydrogen) atoms. The molecule has 11 heteroatoms. The zero-order chi connectivity index (χ0) is 19.5. The highest BCUT2D eigenvalue weighted by atomic mass is 16.5. The summed E-state index contributed by atoms with van der Waals surface area (Å²) in [5, 5.41) is 27.2. The van der Waals surface area contributed by atoms with Crippen molar-refractivity contribution in [1.82, 2.24) is 29.8 Å². The van der Waals surface area contributed by atoms with Crippen molar-refractivity contribution in [1.29, 1.82) is 5.41 Å². The van der Waals surface area contributed by atoms with Gasteiger partial charge in [0.05, 0.1) is 37.3 Å². The van der Waals surface area contributed by atoms with Gasteiger partial charge < -0.3 is 15.9 Å². The molecule has 0 amide bonds. The number of aromatic nitrogens is 6. The van der Waals surface area contributed by atoms with Gasteiger partial charge in [-0.25, -0.2) is 4.98 Å². The van der Waals surface area contributed by atoms with Crippen molar-refractivity contribution in [3.8, 4) is 5.75 Å². The quantitative estimate of drug-likeness (QED) is 0.256. The Morgan fingerprint density at radius 1 is 1.32 bits per heavy atom. The van der Waals surface area contributed by atoms with E-state index in [9.17, 15) is 0 Å². The first-order valence-electron chi connectivity index (χ1n) is 8.25. The minimum atomic E-state index is 0.0929. The molecule has 0 unspecified atom stereocenters. The van der Waals surface area contributed by atoms with E-state index in [1.165, 1.54) is 6.21 Å². The molecule has 0 radical (unpaired) electrons. The Morgan fingerprint density at radius 2 is 2.21 bits per heavy atom. The van der Waals surface area contributed by atoms with Gasteiger partial charge in [-0.3, -0.25) is 10.4 Å². The second-order valence-corrected chi connectivity index (χ2v) is 5.75. The van der Waals surface area contributed by atoms with E-state index in [2.05, 4.69) is 35.7 Å². The second kappa shape index (κ2) is 7.23. The van der Waals surface area contributed by atoms with Gasteiger partial charge >= 0.3 is 0 Å². The predicted octanol–water partition coefficient (Wildman–Crippen LogP) is 1.00. The Bertz CT molecular complexity index is 1200. The highest BCUT2D eigenvalue weighted by Crippen LogP contribution is 2.23. The van der Waals surface area contributed by atoms with Crippen LogP contribution in [0.25, 0.3) is 16.7 Å². The van der Waals surface area contributed by atoms with Crippen LogP contribution < -0.4 is 15.9 Å². The molecule has 0 aliphatic rings. The maximum Gasteiger partial charge on any atom is 0.178 e. The van der Waals surface area contributed by atoms with Gasteiger partial charge in [-0.05, 0) is 18.2 Å². The van der Waals surface area contributed by atoms with Crippen LogP contribution >= 0.6 is 0 Å². The van der Waals surface area contributed by atoms with Crippen molar-refractivity contribution in [3.05, 3.63) is 48.2 Å². The first-order chi connectivity index (χ1) is 13.7. The molecule has 140 valence electrons. The number of nitrogens with one attached hydrogen (secondary N) is 2. The summed E-state index contributed by atoms with van der Waals surface area (Å²) >= 11 is 0. The molecule has 0 saturated heterocycles. The third-order valence-corrected chi connectivity index (χ3v) is 4.03. The fourth-order valence-electron chi connectivity index (χ4n) is 2.67. The SMILES string of the molecule is COc1cnc2c(NCc3nnc4ccc(C(=N)C=NN)nn34)ccnc2c1. The van der Waals surface area contributed by atoms with E-state index >= 15 is 0 Å². The normalized spacial score (nSPS) is 11.3. The van der Waals surface area contributed by atoms with Crippen molar-refractivity contribution >= 4 is 34.3 Å². The summed E-state index contributed by atoms with van der Waals surface area (Å²) in [4.78, 5) is 8.73. The molecule has 0 atom stereocenters. The second-order valence-electron chi connectivity index (χ2n) is 5.75. The van der Waals surface area contributed by atoms with Gasteiger partial charge in [0.25, 0.3) is 0 Å². The number of nitrogens with two attached hydrogens (primary N) is 1. The van der Waals surface area contributed by atoms with Gasteiger partial charge in [-0.15, -0.1) is 10.2 Å². The predicted molar refractivity (Wildman–Crippen MR) is 104 cm³/mol. The largest absolute Gasteiger partial charge is 0.495 e. The Kier molecular flexibility index (Phi) is 4.46. The van der Waals surface area contributed by atoms with Crippen molar-refractivity contribution in [2.24, 2.45) is 10.9 Å². The van der Waals surface area contributed by atoms with Crippen molar-refractivity contribution in [2.45, 2.75) is 6.54 Å². The van der Waals surface area contributed by atoms with E-state index in [1.807, 2.05) is 12.1 Å². The van der Waals surface area contributed by atoms with E-state index in [0.29, 0.717) is 40.5 Å². The van der Waals surface area contributed by atoms with Gasteiger partial charge in [0.15, 0.2) is 11.5 Å². The van der Waals surface area contributed by atoms with Crippen molar-refractivity contribution in [2.75, 3.05) is 12.4 Å². The van der Waals surface area contributed by atoms with Crippen molar-refractivity contribution in [3.63, 3.8) is 0 Å². The molecule has 4 N–H and O–H groups in total. The summed E-state index contributed by atoms with van der Waals surface area (Å²) < 4.78 is 6.76. The number of fused-ring (bicyclic) bond motifs is 2. The molecular formula is C17H16N10O. The number of hydrazone groups is 1. The van der Waals surface area contributed by atoms with Crippen LogP contribution in [0, 0.1) is 5.41 Å². The van der Waals surface area contributed by atoms with Gasteiger partial charge in [0.2, 0.25) is 0 Å². The molecular weight excluding hydrogens is 360 g/mol. The number of rotatable bonds is 6. The lowest BCUT2D eigenvalue weighted by atomic mass is 10.2. The molecule has 0 saturated carbocycles. The molecule has 11 nitrogen and oxygen atoms in total. The van der Waals surface area contributed by atoms with Crippen LogP contribution in [0.2, 0.25) is 0 Å². The summed E-state index contributed by atoms with van der Waals surface area (Å²) in [6, 6.07) is 7.04. The van der Waals surface area contributed by atoms with Gasteiger partial charge in [-0.1, -0.05) is 0 Å². The van der Waals surface area contributed by atoms with Crippen LogP contribution in [0.1, 0.15) is 11.5 Å². The molecule has 4 aromatic rings. The average molecular weight is 376 g/mol. The molecule has 4 aromatic heterocycles. The first-order valence-corrected chi connectivity index (χ1v) is 8.25. The number of hydrogen-bond donors (Lipinski definition) is 3. The Hall–Kier alpha value is -4.15. The molecule has 0 aliphatic carbocycles. The lowest BCUT2D eigenvalue weighted by Gasteiger charge is -2.08. The number of anilines is 1. The van der Waals surface area contributed by atoms with Crippen LogP contribution in [0.15, 0.2) is 41.8 Å². The molecule has 4 heterocycles. The van der Waals surface area contributed by atoms with Crippen LogP contribution in [-0.4, -0.2) is 48.8 Å². The van der Waals surface area contributed by atoms with E-state index in [4.69, 9.17) is 16.0 Å². The number of pyridine rings is 2. The topological polar surface area (TPSA) is 152 Å². The van der Waals surface area contributed by atoms with Crippen LogP contribution in [-0.2, 0) is 6.54 Å². The highest BCUT2D eigenvalue weighted by Gasteiger charge is 2.11. The zero-order valence-corrected chi connectivity index (χ0v) is 14.9. The lowest BCUT2D eigenvalue weighted by Crippen LogP contribution is -2.11.